The molecule has 0 bridgehead atoms. The summed E-state index contributed by atoms with van der Waals surface area (Å²) in [5.41, 5.74) is 3.33. The molecule has 5 rings (SSSR count). The van der Waals surface area contributed by atoms with E-state index in [2.05, 4.69) is 15.6 Å². The topological polar surface area (TPSA) is 115 Å². The minimum absolute atomic E-state index is 0.0784. The molecule has 3 amide bonds. The van der Waals surface area contributed by atoms with Gasteiger partial charge in [0, 0.05) is 24.7 Å². The molecule has 2 aliphatic rings. The molecule has 1 saturated heterocycles. The maximum Gasteiger partial charge on any atom is 0.253 e. The first-order chi connectivity index (χ1) is 17.5. The normalized spacial score (nSPS) is 16.2. The van der Waals surface area contributed by atoms with Gasteiger partial charge in [-0.3, -0.25) is 14.4 Å². The number of rotatable bonds is 7. The predicted octanol–water partition coefficient (Wildman–Crippen LogP) is 3.59. The van der Waals surface area contributed by atoms with Crippen LogP contribution < -0.4 is 10.6 Å². The number of likely N-dealkylation sites (tertiary alicyclic amines) is 1. The molecule has 9 heteroatoms. The van der Waals surface area contributed by atoms with Crippen LogP contribution in [0.5, 0.6) is 0 Å². The second-order valence-electron chi connectivity index (χ2n) is 9.29. The van der Waals surface area contributed by atoms with Gasteiger partial charge in [0.05, 0.1) is 22.8 Å². The summed E-state index contributed by atoms with van der Waals surface area (Å²) in [7, 11) is 0. The number of hydrogen-bond donors (Lipinski definition) is 2. The molecule has 3 aromatic rings. The molecule has 1 atom stereocenters. The van der Waals surface area contributed by atoms with Crippen LogP contribution >= 0.6 is 11.3 Å². The number of nitrogens with zero attached hydrogens (tertiary/aromatic N) is 3. The van der Waals surface area contributed by atoms with Gasteiger partial charge < -0.3 is 15.5 Å². The molecule has 1 aliphatic heterocycles. The maximum atomic E-state index is 12.7. The number of carbonyl (C=O) groups excluding carboxylic acids is 3. The van der Waals surface area contributed by atoms with Crippen LogP contribution in [0.4, 0.5) is 0 Å². The van der Waals surface area contributed by atoms with Gasteiger partial charge in [-0.1, -0.05) is 18.2 Å². The summed E-state index contributed by atoms with van der Waals surface area (Å²) in [6, 6.07) is 15.6. The lowest BCUT2D eigenvalue weighted by atomic mass is 10.0. The van der Waals surface area contributed by atoms with E-state index in [0.717, 1.165) is 54.6 Å². The summed E-state index contributed by atoms with van der Waals surface area (Å²) < 4.78 is 0.857. The van der Waals surface area contributed by atoms with Gasteiger partial charge in [-0.15, -0.1) is 11.3 Å². The molecule has 8 nitrogen and oxygen atoms in total. The van der Waals surface area contributed by atoms with Gasteiger partial charge in [0.15, 0.2) is 5.92 Å². The Bertz CT molecular complexity index is 1330. The summed E-state index contributed by atoms with van der Waals surface area (Å²) in [6.45, 7) is 1.49. The van der Waals surface area contributed by atoms with Crippen molar-refractivity contribution < 1.29 is 14.4 Å². The van der Waals surface area contributed by atoms with Gasteiger partial charge in [-0.05, 0) is 67.5 Å². The zero-order valence-electron chi connectivity index (χ0n) is 19.8. The number of piperidine rings is 1. The van der Waals surface area contributed by atoms with Gasteiger partial charge in [0.2, 0.25) is 11.8 Å². The average molecular weight is 502 g/mol. The summed E-state index contributed by atoms with van der Waals surface area (Å²) in [4.78, 5) is 43.6. The largest absolute Gasteiger partial charge is 0.352 e. The smallest absolute Gasteiger partial charge is 0.253 e. The van der Waals surface area contributed by atoms with E-state index in [-0.39, 0.29) is 24.4 Å². The molecule has 2 N–H and O–H groups in total. The second-order valence-corrected chi connectivity index (χ2v) is 10.3. The Morgan fingerprint density at radius 1 is 1.06 bits per heavy atom. The zero-order chi connectivity index (χ0) is 25.1. The van der Waals surface area contributed by atoms with Gasteiger partial charge in [0.25, 0.3) is 5.91 Å². The van der Waals surface area contributed by atoms with E-state index in [1.54, 1.807) is 0 Å². The van der Waals surface area contributed by atoms with Crippen molar-refractivity contribution in [2.24, 2.45) is 0 Å². The molecule has 1 aromatic heterocycles. The Balaban J connectivity index is 1.28. The molecule has 2 heterocycles. The first-order valence-corrected chi connectivity index (χ1v) is 13.1. The summed E-state index contributed by atoms with van der Waals surface area (Å²) >= 11 is 1.29. The fraction of sp³-hybridized carbons (Fsp3) is 0.370. The third kappa shape index (κ3) is 5.39. The Hall–Kier alpha value is -3.77. The van der Waals surface area contributed by atoms with Crippen LogP contribution in [0.1, 0.15) is 53.4 Å². The molecule has 1 aliphatic carbocycles. The van der Waals surface area contributed by atoms with Crippen molar-refractivity contribution in [3.63, 3.8) is 0 Å². The molecule has 36 heavy (non-hydrogen) atoms. The number of benzene rings is 2. The molecule has 1 unspecified atom stereocenters. The fourth-order valence-electron chi connectivity index (χ4n) is 4.33. The van der Waals surface area contributed by atoms with E-state index in [4.69, 9.17) is 0 Å². The maximum absolute atomic E-state index is 12.7. The standard InChI is InChI=1S/C27H27N5O3S/c28-15-21(25(34)29-16-24(33)30-20-9-10-20)26-31-22-11-8-19(14-23(22)36-26)17-4-6-18(7-5-17)27(35)32-12-2-1-3-13-32/h4-8,11,14,20-21H,1-3,9-10,12-13,16H2,(H,29,34)(H,30,33). The SMILES string of the molecule is N#CC(C(=O)NCC(=O)NC1CC1)c1nc2ccc(-c3ccc(C(=O)N4CCCCC4)cc3)cc2s1. The van der Waals surface area contributed by atoms with Crippen molar-refractivity contribution in [3.8, 4) is 17.2 Å². The molecule has 0 spiro atoms. The highest BCUT2D eigenvalue weighted by Crippen LogP contribution is 2.31. The Labute approximate surface area is 213 Å². The molecule has 0 radical (unpaired) electrons. The Morgan fingerprint density at radius 3 is 2.47 bits per heavy atom. The van der Waals surface area contributed by atoms with Crippen LogP contribution in [0.25, 0.3) is 21.3 Å². The van der Waals surface area contributed by atoms with Gasteiger partial charge in [0.1, 0.15) is 5.01 Å². The molecule has 184 valence electrons. The van der Waals surface area contributed by atoms with E-state index in [1.807, 2.05) is 53.4 Å². The van der Waals surface area contributed by atoms with Crippen LogP contribution in [-0.4, -0.2) is 53.3 Å². The number of hydrogen-bond acceptors (Lipinski definition) is 6. The first kappa shape index (κ1) is 23.9. The van der Waals surface area contributed by atoms with Crippen LogP contribution in [-0.2, 0) is 9.59 Å². The highest BCUT2D eigenvalue weighted by atomic mass is 32.1. The van der Waals surface area contributed by atoms with Crippen molar-refractivity contribution in [2.75, 3.05) is 19.6 Å². The zero-order valence-corrected chi connectivity index (χ0v) is 20.6. The highest BCUT2D eigenvalue weighted by Gasteiger charge is 2.27. The van der Waals surface area contributed by atoms with E-state index in [0.29, 0.717) is 16.1 Å². The van der Waals surface area contributed by atoms with E-state index in [1.165, 1.54) is 17.8 Å². The third-order valence-electron chi connectivity index (χ3n) is 6.52. The van der Waals surface area contributed by atoms with Crippen LogP contribution in [0, 0.1) is 11.3 Å². The molecule has 2 aromatic carbocycles. The highest BCUT2D eigenvalue weighted by molar-refractivity contribution is 7.18. The number of carbonyl (C=O) groups is 3. The quantitative estimate of drug-likeness (QED) is 0.513. The lowest BCUT2D eigenvalue weighted by molar-refractivity contribution is -0.126. The third-order valence-corrected chi connectivity index (χ3v) is 7.60. The number of nitrogens with one attached hydrogen (secondary N) is 2. The van der Waals surface area contributed by atoms with Crippen molar-refractivity contribution in [1.82, 2.24) is 20.5 Å². The summed E-state index contributed by atoms with van der Waals surface area (Å²) in [5, 5.41) is 15.4. The Morgan fingerprint density at radius 2 is 1.78 bits per heavy atom. The van der Waals surface area contributed by atoms with E-state index >= 15 is 0 Å². The fourth-order valence-corrected chi connectivity index (χ4v) is 5.38. The number of fused-ring (bicyclic) bond motifs is 1. The molecular formula is C27H27N5O3S. The average Bonchev–Trinajstić information content (AvgIpc) is 3.63. The lowest BCUT2D eigenvalue weighted by Crippen LogP contribution is -2.39. The van der Waals surface area contributed by atoms with Gasteiger partial charge >= 0.3 is 0 Å². The van der Waals surface area contributed by atoms with Crippen molar-refractivity contribution >= 4 is 39.3 Å². The van der Waals surface area contributed by atoms with Crippen LogP contribution in [0.2, 0.25) is 0 Å². The van der Waals surface area contributed by atoms with Crippen molar-refractivity contribution in [2.45, 2.75) is 44.1 Å². The molecule has 2 fully saturated rings. The number of thiazole rings is 1. The van der Waals surface area contributed by atoms with Gasteiger partial charge in [-0.25, -0.2) is 4.98 Å². The van der Waals surface area contributed by atoms with Crippen molar-refractivity contribution in [1.29, 1.82) is 5.26 Å². The first-order valence-electron chi connectivity index (χ1n) is 12.3. The number of aromatic nitrogens is 1. The van der Waals surface area contributed by atoms with Crippen molar-refractivity contribution in [3.05, 3.63) is 53.0 Å². The van der Waals surface area contributed by atoms with E-state index < -0.39 is 11.8 Å². The predicted molar refractivity (Wildman–Crippen MR) is 137 cm³/mol. The van der Waals surface area contributed by atoms with Crippen LogP contribution in [0.3, 0.4) is 0 Å². The second kappa shape index (κ2) is 10.5. The summed E-state index contributed by atoms with van der Waals surface area (Å²) in [5.74, 6) is -1.79. The van der Waals surface area contributed by atoms with Crippen LogP contribution in [0.15, 0.2) is 42.5 Å². The van der Waals surface area contributed by atoms with E-state index in [9.17, 15) is 19.6 Å². The number of nitriles is 1. The number of amides is 3. The summed E-state index contributed by atoms with van der Waals surface area (Å²) in [6.07, 6.45) is 5.24. The lowest BCUT2D eigenvalue weighted by Gasteiger charge is -2.26. The minimum Gasteiger partial charge on any atom is -0.352 e. The minimum atomic E-state index is -1.08. The molecular weight excluding hydrogens is 474 g/mol. The Kier molecular flexibility index (Phi) is 6.96. The molecule has 1 saturated carbocycles. The monoisotopic (exact) mass is 501 g/mol. The van der Waals surface area contributed by atoms with Gasteiger partial charge in [-0.2, -0.15) is 5.26 Å².